The predicted molar refractivity (Wildman–Crippen MR) is 81.5 cm³/mol. The Morgan fingerprint density at radius 3 is 3.00 bits per heavy atom. The first-order chi connectivity index (χ1) is 9.19. The van der Waals surface area contributed by atoms with Crippen molar-refractivity contribution in [2.45, 2.75) is 6.42 Å². The van der Waals surface area contributed by atoms with E-state index in [9.17, 15) is 4.79 Å². The summed E-state index contributed by atoms with van der Waals surface area (Å²) in [6, 6.07) is 5.80. The van der Waals surface area contributed by atoms with E-state index in [1.165, 1.54) is 0 Å². The van der Waals surface area contributed by atoms with Gasteiger partial charge < -0.3 is 0 Å². The molecular formula is C13H11Br2N3O. The summed E-state index contributed by atoms with van der Waals surface area (Å²) in [6.07, 6.45) is 2.32. The van der Waals surface area contributed by atoms with Crippen molar-refractivity contribution in [2.24, 2.45) is 5.92 Å². The van der Waals surface area contributed by atoms with Crippen molar-refractivity contribution in [1.82, 2.24) is 9.97 Å². The van der Waals surface area contributed by atoms with Gasteiger partial charge in [0.2, 0.25) is 11.9 Å². The molecular weight excluding hydrogens is 374 g/mol. The molecule has 1 aromatic heterocycles. The number of carbonyl (C=O) groups is 1. The second kappa shape index (κ2) is 5.17. The number of aromatic nitrogens is 2. The van der Waals surface area contributed by atoms with Crippen LogP contribution in [0, 0.1) is 5.92 Å². The van der Waals surface area contributed by atoms with Gasteiger partial charge in [-0.05, 0) is 18.1 Å². The number of nitrogens with zero attached hydrogens (tertiary/aromatic N) is 3. The van der Waals surface area contributed by atoms with Gasteiger partial charge in [0.05, 0.1) is 5.52 Å². The Hall–Kier alpha value is -1.01. The van der Waals surface area contributed by atoms with E-state index in [0.29, 0.717) is 24.8 Å². The Kier molecular flexibility index (Phi) is 3.54. The first kappa shape index (κ1) is 13.0. The standard InChI is InChI=1S/C13H11Br2N3O/c14-5-8-4-12(19)18(7-8)13-16-6-9-10(15)2-1-3-11(9)17-13/h1-3,6,8H,4-5,7H2. The van der Waals surface area contributed by atoms with Gasteiger partial charge in [-0.1, -0.05) is 37.9 Å². The molecule has 0 spiro atoms. The molecule has 2 heterocycles. The zero-order chi connectivity index (χ0) is 13.4. The van der Waals surface area contributed by atoms with Gasteiger partial charge in [-0.2, -0.15) is 0 Å². The Balaban J connectivity index is 2.00. The zero-order valence-corrected chi connectivity index (χ0v) is 13.2. The molecule has 1 aromatic carbocycles. The molecule has 0 N–H and O–H groups in total. The highest BCUT2D eigenvalue weighted by Gasteiger charge is 2.31. The number of amides is 1. The lowest BCUT2D eigenvalue weighted by atomic mass is 10.2. The third-order valence-corrected chi connectivity index (χ3v) is 4.83. The molecule has 2 aromatic rings. The molecule has 0 radical (unpaired) electrons. The van der Waals surface area contributed by atoms with E-state index in [0.717, 1.165) is 20.7 Å². The zero-order valence-electron chi connectivity index (χ0n) is 10.0. The molecule has 19 heavy (non-hydrogen) atoms. The Labute approximate surface area is 127 Å². The molecule has 1 atom stereocenters. The Morgan fingerprint density at radius 1 is 1.42 bits per heavy atom. The van der Waals surface area contributed by atoms with Crippen molar-refractivity contribution >= 4 is 54.6 Å². The number of carbonyl (C=O) groups excluding carboxylic acids is 1. The summed E-state index contributed by atoms with van der Waals surface area (Å²) in [6.45, 7) is 0.684. The second-order valence-corrected chi connectivity index (χ2v) is 6.07. The van der Waals surface area contributed by atoms with Crippen LogP contribution in [0.3, 0.4) is 0 Å². The van der Waals surface area contributed by atoms with E-state index in [1.807, 2.05) is 18.2 Å². The summed E-state index contributed by atoms with van der Waals surface area (Å²) in [5.41, 5.74) is 0.842. The fourth-order valence-corrected chi connectivity index (χ4v) is 3.11. The van der Waals surface area contributed by atoms with Crippen LogP contribution in [-0.4, -0.2) is 27.7 Å². The lowest BCUT2D eigenvalue weighted by Crippen LogP contribution is -2.26. The summed E-state index contributed by atoms with van der Waals surface area (Å²) in [5.74, 6) is 0.937. The molecule has 0 saturated carbocycles. The van der Waals surface area contributed by atoms with E-state index in [4.69, 9.17) is 0 Å². The summed E-state index contributed by atoms with van der Waals surface area (Å²) >= 11 is 6.90. The van der Waals surface area contributed by atoms with Crippen molar-refractivity contribution < 1.29 is 4.79 Å². The number of hydrogen-bond acceptors (Lipinski definition) is 3. The SMILES string of the molecule is O=C1CC(CBr)CN1c1ncc2c(Br)cccc2n1. The molecule has 1 aliphatic heterocycles. The van der Waals surface area contributed by atoms with Crippen molar-refractivity contribution in [3.63, 3.8) is 0 Å². The summed E-state index contributed by atoms with van der Waals surface area (Å²) in [5, 5.41) is 1.78. The maximum atomic E-state index is 12.0. The van der Waals surface area contributed by atoms with E-state index in [-0.39, 0.29) is 5.91 Å². The Bertz CT molecular complexity index is 647. The lowest BCUT2D eigenvalue weighted by molar-refractivity contribution is -0.117. The number of fused-ring (bicyclic) bond motifs is 1. The fraction of sp³-hybridized carbons (Fsp3) is 0.308. The maximum absolute atomic E-state index is 12.0. The average molecular weight is 385 g/mol. The minimum atomic E-state index is 0.0961. The van der Waals surface area contributed by atoms with Crippen LogP contribution >= 0.6 is 31.9 Å². The van der Waals surface area contributed by atoms with Crippen molar-refractivity contribution in [1.29, 1.82) is 0 Å². The first-order valence-electron chi connectivity index (χ1n) is 5.96. The largest absolute Gasteiger partial charge is 0.280 e. The second-order valence-electron chi connectivity index (χ2n) is 4.57. The topological polar surface area (TPSA) is 46.1 Å². The van der Waals surface area contributed by atoms with Crippen LogP contribution < -0.4 is 4.90 Å². The lowest BCUT2D eigenvalue weighted by Gasteiger charge is -2.14. The third kappa shape index (κ3) is 2.39. The highest BCUT2D eigenvalue weighted by Crippen LogP contribution is 2.27. The van der Waals surface area contributed by atoms with Crippen molar-refractivity contribution in [2.75, 3.05) is 16.8 Å². The van der Waals surface area contributed by atoms with Gasteiger partial charge >= 0.3 is 0 Å². The predicted octanol–water partition coefficient (Wildman–Crippen LogP) is 3.14. The molecule has 98 valence electrons. The molecule has 1 unspecified atom stereocenters. The summed E-state index contributed by atoms with van der Waals surface area (Å²) in [7, 11) is 0. The highest BCUT2D eigenvalue weighted by atomic mass is 79.9. The van der Waals surface area contributed by atoms with E-state index < -0.39 is 0 Å². The van der Waals surface area contributed by atoms with Crippen LogP contribution in [0.5, 0.6) is 0 Å². The average Bonchev–Trinajstić information content (AvgIpc) is 2.80. The van der Waals surface area contributed by atoms with Crippen LogP contribution in [0.2, 0.25) is 0 Å². The molecule has 0 bridgehead atoms. The van der Waals surface area contributed by atoms with Gasteiger partial charge in [0.25, 0.3) is 0 Å². The van der Waals surface area contributed by atoms with Gasteiger partial charge in [0, 0.05) is 34.4 Å². The quantitative estimate of drug-likeness (QED) is 0.747. The molecule has 1 fully saturated rings. The van der Waals surface area contributed by atoms with Gasteiger partial charge in [-0.25, -0.2) is 9.97 Å². The number of hydrogen-bond donors (Lipinski definition) is 0. The minimum Gasteiger partial charge on any atom is -0.280 e. The maximum Gasteiger partial charge on any atom is 0.232 e. The number of anilines is 1. The number of alkyl halides is 1. The summed E-state index contributed by atoms with van der Waals surface area (Å²) < 4.78 is 0.961. The van der Waals surface area contributed by atoms with Crippen LogP contribution in [0.15, 0.2) is 28.9 Å². The fourth-order valence-electron chi connectivity index (χ4n) is 2.22. The normalized spacial score (nSPS) is 19.4. The van der Waals surface area contributed by atoms with Gasteiger partial charge in [-0.15, -0.1) is 0 Å². The Morgan fingerprint density at radius 2 is 2.26 bits per heavy atom. The molecule has 6 heteroatoms. The van der Waals surface area contributed by atoms with E-state index >= 15 is 0 Å². The number of benzene rings is 1. The van der Waals surface area contributed by atoms with Crippen LogP contribution in [0.4, 0.5) is 5.95 Å². The molecule has 1 saturated heterocycles. The van der Waals surface area contributed by atoms with Gasteiger partial charge in [-0.3, -0.25) is 9.69 Å². The molecule has 1 amide bonds. The highest BCUT2D eigenvalue weighted by molar-refractivity contribution is 9.10. The van der Waals surface area contributed by atoms with Crippen LogP contribution in [0.1, 0.15) is 6.42 Å². The van der Waals surface area contributed by atoms with Gasteiger partial charge in [0.1, 0.15) is 0 Å². The molecule has 1 aliphatic rings. The summed E-state index contributed by atoms with van der Waals surface area (Å²) in [4.78, 5) is 22.4. The molecule has 0 aliphatic carbocycles. The monoisotopic (exact) mass is 383 g/mol. The smallest absolute Gasteiger partial charge is 0.232 e. The molecule has 4 nitrogen and oxygen atoms in total. The number of halogens is 2. The van der Waals surface area contributed by atoms with Gasteiger partial charge in [0.15, 0.2) is 0 Å². The van der Waals surface area contributed by atoms with Crippen LogP contribution in [0.25, 0.3) is 10.9 Å². The first-order valence-corrected chi connectivity index (χ1v) is 7.88. The third-order valence-electron chi connectivity index (χ3n) is 3.22. The minimum absolute atomic E-state index is 0.0961. The van der Waals surface area contributed by atoms with E-state index in [2.05, 4.69) is 41.8 Å². The van der Waals surface area contributed by atoms with Crippen LogP contribution in [-0.2, 0) is 4.79 Å². The van der Waals surface area contributed by atoms with Crippen molar-refractivity contribution in [3.8, 4) is 0 Å². The molecule has 3 rings (SSSR count). The van der Waals surface area contributed by atoms with E-state index in [1.54, 1.807) is 11.1 Å². The van der Waals surface area contributed by atoms with Crippen molar-refractivity contribution in [3.05, 3.63) is 28.9 Å². The number of rotatable bonds is 2.